The number of hydrogen-bond acceptors (Lipinski definition) is 6. The van der Waals surface area contributed by atoms with Crippen LogP contribution in [0.25, 0.3) is 0 Å². The largest absolute Gasteiger partial charge is 0.497 e. The van der Waals surface area contributed by atoms with Crippen LogP contribution in [0.3, 0.4) is 0 Å². The van der Waals surface area contributed by atoms with E-state index in [1.807, 2.05) is 29.2 Å². The first-order valence-corrected chi connectivity index (χ1v) is 12.1. The molecule has 4 rings (SSSR count). The van der Waals surface area contributed by atoms with Crippen molar-refractivity contribution < 1.29 is 22.7 Å². The smallest absolute Gasteiger partial charge is 0.263 e. The third-order valence-electron chi connectivity index (χ3n) is 5.70. The molecule has 0 unspecified atom stereocenters. The molecule has 1 fully saturated rings. The molecule has 31 heavy (non-hydrogen) atoms. The Balaban J connectivity index is 1.43. The van der Waals surface area contributed by atoms with E-state index < -0.39 is 16.1 Å². The van der Waals surface area contributed by atoms with Gasteiger partial charge in [0, 0.05) is 44.8 Å². The highest BCUT2D eigenvalue weighted by Gasteiger charge is 2.34. The van der Waals surface area contributed by atoms with E-state index in [0.29, 0.717) is 30.9 Å². The van der Waals surface area contributed by atoms with Gasteiger partial charge < -0.3 is 19.3 Å². The minimum atomic E-state index is -3.47. The van der Waals surface area contributed by atoms with Gasteiger partial charge in [-0.2, -0.15) is 0 Å². The molecule has 0 spiro atoms. The molecule has 8 nitrogen and oxygen atoms in total. The number of para-hydroxylation sites is 2. The highest BCUT2D eigenvalue weighted by atomic mass is 32.2. The molecule has 1 atom stereocenters. The van der Waals surface area contributed by atoms with Crippen LogP contribution in [0.5, 0.6) is 11.5 Å². The summed E-state index contributed by atoms with van der Waals surface area (Å²) in [5.74, 6) is 1.13. The van der Waals surface area contributed by atoms with Gasteiger partial charge in [-0.3, -0.25) is 9.10 Å². The van der Waals surface area contributed by atoms with Crippen molar-refractivity contribution in [1.82, 2.24) is 4.90 Å². The maximum Gasteiger partial charge on any atom is 0.263 e. The summed E-state index contributed by atoms with van der Waals surface area (Å²) < 4.78 is 37.0. The Morgan fingerprint density at radius 2 is 1.68 bits per heavy atom. The Morgan fingerprint density at radius 1 is 1.00 bits per heavy atom. The summed E-state index contributed by atoms with van der Waals surface area (Å²) in [6, 6.07) is 14.8. The zero-order chi connectivity index (χ0) is 22.0. The number of sulfonamides is 1. The molecule has 9 heteroatoms. The summed E-state index contributed by atoms with van der Waals surface area (Å²) in [6.45, 7) is 2.82. The molecule has 0 radical (unpaired) electrons. The molecule has 166 valence electrons. The first-order chi connectivity index (χ1) is 14.9. The van der Waals surface area contributed by atoms with Gasteiger partial charge in [-0.1, -0.05) is 12.1 Å². The number of amides is 1. The molecule has 0 aromatic heterocycles. The SMILES string of the molecule is COc1ccc(N2CCN(C(=O)[C@@H]3CCN(S(C)(=O)=O)c4ccccc4O3)CC2)cc1. The van der Waals surface area contributed by atoms with E-state index in [1.165, 1.54) is 10.6 Å². The molecule has 0 saturated carbocycles. The van der Waals surface area contributed by atoms with Gasteiger partial charge in [0.25, 0.3) is 5.91 Å². The fourth-order valence-corrected chi connectivity index (χ4v) is 4.98. The third-order valence-corrected chi connectivity index (χ3v) is 6.88. The predicted molar refractivity (Wildman–Crippen MR) is 119 cm³/mol. The number of carbonyl (C=O) groups excluding carboxylic acids is 1. The molecule has 2 aromatic rings. The van der Waals surface area contributed by atoms with Crippen LogP contribution < -0.4 is 18.7 Å². The number of fused-ring (bicyclic) bond motifs is 1. The van der Waals surface area contributed by atoms with E-state index in [-0.39, 0.29) is 12.5 Å². The van der Waals surface area contributed by atoms with E-state index in [9.17, 15) is 13.2 Å². The quantitative estimate of drug-likeness (QED) is 0.716. The Hall–Kier alpha value is -2.94. The van der Waals surface area contributed by atoms with Crippen molar-refractivity contribution in [2.24, 2.45) is 0 Å². The Morgan fingerprint density at radius 3 is 2.32 bits per heavy atom. The first-order valence-electron chi connectivity index (χ1n) is 10.3. The number of hydrogen-bond donors (Lipinski definition) is 0. The van der Waals surface area contributed by atoms with Crippen molar-refractivity contribution in [2.45, 2.75) is 12.5 Å². The molecule has 2 aromatic carbocycles. The van der Waals surface area contributed by atoms with Crippen LogP contribution in [-0.4, -0.2) is 71.4 Å². The average molecular weight is 446 g/mol. The summed E-state index contributed by atoms with van der Waals surface area (Å²) >= 11 is 0. The zero-order valence-electron chi connectivity index (χ0n) is 17.7. The van der Waals surface area contributed by atoms with Crippen LogP contribution in [0.1, 0.15) is 6.42 Å². The second-order valence-corrected chi connectivity index (χ2v) is 9.62. The van der Waals surface area contributed by atoms with Crippen molar-refractivity contribution in [3.8, 4) is 11.5 Å². The summed E-state index contributed by atoms with van der Waals surface area (Å²) in [5.41, 5.74) is 1.57. The van der Waals surface area contributed by atoms with Gasteiger partial charge in [0.2, 0.25) is 10.0 Å². The number of benzene rings is 2. The summed E-state index contributed by atoms with van der Waals surface area (Å²) in [6.07, 6.45) is 0.768. The monoisotopic (exact) mass is 445 g/mol. The summed E-state index contributed by atoms with van der Waals surface area (Å²) in [4.78, 5) is 17.2. The molecular formula is C22H27N3O5S. The van der Waals surface area contributed by atoms with Gasteiger partial charge in [0.15, 0.2) is 6.10 Å². The van der Waals surface area contributed by atoms with Gasteiger partial charge in [-0.15, -0.1) is 0 Å². The molecule has 0 N–H and O–H groups in total. The first kappa shape index (κ1) is 21.3. The molecular weight excluding hydrogens is 418 g/mol. The molecule has 2 aliphatic heterocycles. The number of carbonyl (C=O) groups is 1. The van der Waals surface area contributed by atoms with E-state index >= 15 is 0 Å². The van der Waals surface area contributed by atoms with Crippen molar-refractivity contribution in [3.05, 3.63) is 48.5 Å². The van der Waals surface area contributed by atoms with Crippen LogP contribution in [-0.2, 0) is 14.8 Å². The maximum atomic E-state index is 13.2. The van der Waals surface area contributed by atoms with E-state index in [4.69, 9.17) is 9.47 Å². The zero-order valence-corrected chi connectivity index (χ0v) is 18.5. The lowest BCUT2D eigenvalue weighted by atomic mass is 10.2. The number of anilines is 2. The number of nitrogens with zero attached hydrogens (tertiary/aromatic N) is 3. The molecule has 2 heterocycles. The van der Waals surface area contributed by atoms with Gasteiger partial charge in [-0.25, -0.2) is 8.42 Å². The minimum Gasteiger partial charge on any atom is -0.497 e. The number of ether oxygens (including phenoxy) is 2. The topological polar surface area (TPSA) is 79.4 Å². The van der Waals surface area contributed by atoms with Gasteiger partial charge >= 0.3 is 0 Å². The summed E-state index contributed by atoms with van der Waals surface area (Å²) in [5, 5.41) is 0. The molecule has 2 aliphatic rings. The van der Waals surface area contributed by atoms with Crippen molar-refractivity contribution in [1.29, 1.82) is 0 Å². The number of methoxy groups -OCH3 is 1. The minimum absolute atomic E-state index is 0.0977. The van der Waals surface area contributed by atoms with Gasteiger partial charge in [0.05, 0.1) is 19.1 Å². The number of rotatable bonds is 4. The lowest BCUT2D eigenvalue weighted by molar-refractivity contribution is -0.139. The Labute approximate surface area is 183 Å². The van der Waals surface area contributed by atoms with Crippen LogP contribution >= 0.6 is 0 Å². The van der Waals surface area contributed by atoms with Gasteiger partial charge in [0.1, 0.15) is 11.5 Å². The normalized spacial score (nSPS) is 19.3. The average Bonchev–Trinajstić information content (AvgIpc) is 2.98. The second kappa shape index (κ2) is 8.66. The highest BCUT2D eigenvalue weighted by molar-refractivity contribution is 7.92. The second-order valence-electron chi connectivity index (χ2n) is 7.71. The van der Waals surface area contributed by atoms with E-state index in [2.05, 4.69) is 4.90 Å². The Bertz CT molecular complexity index is 1030. The molecule has 0 bridgehead atoms. The standard InChI is InChI=1S/C22H27N3O5S/c1-29-18-9-7-17(8-10-18)23-13-15-24(16-14-23)22(26)21-11-12-25(31(2,27)28)19-5-3-4-6-20(19)30-21/h3-10,21H,11-16H2,1-2H3/t21-/m0/s1. The van der Waals surface area contributed by atoms with Crippen LogP contribution in [0.15, 0.2) is 48.5 Å². The predicted octanol–water partition coefficient (Wildman–Crippen LogP) is 1.96. The number of piperazine rings is 1. The fourth-order valence-electron chi connectivity index (χ4n) is 4.03. The van der Waals surface area contributed by atoms with Crippen LogP contribution in [0, 0.1) is 0 Å². The lowest BCUT2D eigenvalue weighted by Crippen LogP contribution is -2.52. The molecule has 1 amide bonds. The van der Waals surface area contributed by atoms with Crippen LogP contribution in [0.4, 0.5) is 11.4 Å². The molecule has 0 aliphatic carbocycles. The highest BCUT2D eigenvalue weighted by Crippen LogP contribution is 2.34. The van der Waals surface area contributed by atoms with Crippen molar-refractivity contribution in [2.75, 3.05) is 55.3 Å². The fraction of sp³-hybridized carbons (Fsp3) is 0.409. The van der Waals surface area contributed by atoms with Crippen molar-refractivity contribution in [3.63, 3.8) is 0 Å². The molecule has 1 saturated heterocycles. The van der Waals surface area contributed by atoms with Crippen molar-refractivity contribution >= 4 is 27.3 Å². The summed E-state index contributed by atoms with van der Waals surface area (Å²) in [7, 11) is -1.83. The third kappa shape index (κ3) is 4.56. The maximum absolute atomic E-state index is 13.2. The Kier molecular flexibility index (Phi) is 5.95. The lowest BCUT2D eigenvalue weighted by Gasteiger charge is -2.37. The van der Waals surface area contributed by atoms with E-state index in [1.54, 1.807) is 31.4 Å². The van der Waals surface area contributed by atoms with Crippen LogP contribution in [0.2, 0.25) is 0 Å². The van der Waals surface area contributed by atoms with E-state index in [0.717, 1.165) is 24.5 Å². The van der Waals surface area contributed by atoms with Gasteiger partial charge in [-0.05, 0) is 36.4 Å².